The molecule has 1 aliphatic heterocycles. The van der Waals surface area contributed by atoms with Crippen molar-refractivity contribution in [2.24, 2.45) is 0 Å². The Hall–Kier alpha value is -3.67. The van der Waals surface area contributed by atoms with Gasteiger partial charge in [0, 0.05) is 47.2 Å². The zero-order valence-electron chi connectivity index (χ0n) is 16.5. The summed E-state index contributed by atoms with van der Waals surface area (Å²) in [5.41, 5.74) is 2.59. The van der Waals surface area contributed by atoms with Crippen molar-refractivity contribution in [3.05, 3.63) is 72.4 Å². The Morgan fingerprint density at radius 1 is 1.03 bits per heavy atom. The lowest BCUT2D eigenvalue weighted by molar-refractivity contribution is -0.108. The highest BCUT2D eigenvalue weighted by atomic mass is 16.2. The summed E-state index contributed by atoms with van der Waals surface area (Å²) in [6, 6.07) is 19.5. The number of para-hydroxylation sites is 1. The molecular formula is C24H22N4O2. The summed E-state index contributed by atoms with van der Waals surface area (Å²) in [6.45, 7) is 1.24. The predicted octanol–water partition coefficient (Wildman–Crippen LogP) is 3.98. The Kier molecular flexibility index (Phi) is 4.67. The van der Waals surface area contributed by atoms with Crippen molar-refractivity contribution in [1.29, 1.82) is 0 Å². The first-order valence-corrected chi connectivity index (χ1v) is 10.2. The Morgan fingerprint density at radius 2 is 1.87 bits per heavy atom. The summed E-state index contributed by atoms with van der Waals surface area (Å²) in [4.78, 5) is 36.2. The van der Waals surface area contributed by atoms with Crippen LogP contribution >= 0.6 is 0 Å². The van der Waals surface area contributed by atoms with E-state index in [4.69, 9.17) is 0 Å². The summed E-state index contributed by atoms with van der Waals surface area (Å²) in [5.74, 6) is 0.699. The Bertz CT molecular complexity index is 1220. The van der Waals surface area contributed by atoms with Crippen LogP contribution in [0.25, 0.3) is 21.8 Å². The van der Waals surface area contributed by atoms with Crippen LogP contribution in [0.5, 0.6) is 0 Å². The normalized spacial score (nSPS) is 14.9. The second-order valence-corrected chi connectivity index (χ2v) is 7.68. The van der Waals surface area contributed by atoms with Crippen LogP contribution in [-0.2, 0) is 4.79 Å². The maximum Gasteiger partial charge on any atom is 0.253 e. The third kappa shape index (κ3) is 3.30. The van der Waals surface area contributed by atoms with Gasteiger partial charge in [0.1, 0.15) is 5.82 Å². The number of amides is 2. The maximum atomic E-state index is 12.9. The van der Waals surface area contributed by atoms with Gasteiger partial charge in [0.15, 0.2) is 0 Å². The van der Waals surface area contributed by atoms with Crippen molar-refractivity contribution < 1.29 is 9.59 Å². The molecule has 0 radical (unpaired) electrons. The molecule has 0 spiro atoms. The molecule has 0 bridgehead atoms. The molecule has 1 aliphatic rings. The first-order chi connectivity index (χ1) is 14.7. The predicted molar refractivity (Wildman–Crippen MR) is 118 cm³/mol. The average Bonchev–Trinajstić information content (AvgIpc) is 3.27. The Balaban J connectivity index is 1.30. The van der Waals surface area contributed by atoms with Crippen LogP contribution in [-0.4, -0.2) is 46.3 Å². The third-order valence-electron chi connectivity index (χ3n) is 5.91. The highest BCUT2D eigenvalue weighted by Gasteiger charge is 2.28. The molecule has 0 aliphatic carbocycles. The smallest absolute Gasteiger partial charge is 0.253 e. The summed E-state index contributed by atoms with van der Waals surface area (Å²) in [6.07, 6.45) is 4.19. The molecule has 6 nitrogen and oxygen atoms in total. The van der Waals surface area contributed by atoms with Crippen molar-refractivity contribution in [1.82, 2.24) is 14.9 Å². The van der Waals surface area contributed by atoms with E-state index >= 15 is 0 Å². The van der Waals surface area contributed by atoms with E-state index in [-0.39, 0.29) is 11.9 Å². The summed E-state index contributed by atoms with van der Waals surface area (Å²) in [5, 5.41) is 2.08. The second kappa shape index (κ2) is 7.63. The molecule has 30 heavy (non-hydrogen) atoms. The van der Waals surface area contributed by atoms with Crippen LogP contribution < -0.4 is 4.90 Å². The van der Waals surface area contributed by atoms with Gasteiger partial charge in [-0.1, -0.05) is 18.2 Å². The van der Waals surface area contributed by atoms with Crippen LogP contribution in [0, 0.1) is 0 Å². The molecule has 4 aromatic rings. The number of fused-ring (bicyclic) bond motifs is 2. The van der Waals surface area contributed by atoms with Crippen LogP contribution in [0.4, 0.5) is 5.82 Å². The van der Waals surface area contributed by atoms with Gasteiger partial charge in [-0.05, 0) is 55.3 Å². The van der Waals surface area contributed by atoms with Crippen molar-refractivity contribution in [2.75, 3.05) is 18.0 Å². The molecule has 1 fully saturated rings. The molecular weight excluding hydrogens is 376 g/mol. The van der Waals surface area contributed by atoms with Gasteiger partial charge >= 0.3 is 0 Å². The van der Waals surface area contributed by atoms with Crippen molar-refractivity contribution >= 4 is 39.9 Å². The van der Waals surface area contributed by atoms with Crippen molar-refractivity contribution in [3.8, 4) is 0 Å². The zero-order valence-corrected chi connectivity index (χ0v) is 16.5. The molecule has 0 saturated carbocycles. The van der Waals surface area contributed by atoms with E-state index in [2.05, 4.69) is 9.97 Å². The van der Waals surface area contributed by atoms with Gasteiger partial charge < -0.3 is 9.88 Å². The van der Waals surface area contributed by atoms with Gasteiger partial charge in [-0.15, -0.1) is 0 Å². The van der Waals surface area contributed by atoms with Crippen LogP contribution in [0.15, 0.2) is 66.9 Å². The number of aromatic amines is 1. The second-order valence-electron chi connectivity index (χ2n) is 7.68. The van der Waals surface area contributed by atoms with E-state index in [0.29, 0.717) is 24.5 Å². The van der Waals surface area contributed by atoms with Crippen LogP contribution in [0.2, 0.25) is 0 Å². The number of anilines is 1. The fourth-order valence-electron chi connectivity index (χ4n) is 4.24. The Labute approximate surface area is 174 Å². The first kappa shape index (κ1) is 18.4. The van der Waals surface area contributed by atoms with Gasteiger partial charge in [0.25, 0.3) is 5.91 Å². The van der Waals surface area contributed by atoms with Gasteiger partial charge in [-0.2, -0.15) is 0 Å². The minimum Gasteiger partial charge on any atom is -0.361 e. The fourth-order valence-corrected chi connectivity index (χ4v) is 4.24. The minimum absolute atomic E-state index is 0.0346. The number of hydrogen-bond acceptors (Lipinski definition) is 3. The highest BCUT2D eigenvalue weighted by Crippen LogP contribution is 2.24. The zero-order chi connectivity index (χ0) is 20.5. The number of nitrogens with one attached hydrogen (secondary N) is 1. The van der Waals surface area contributed by atoms with E-state index in [1.165, 1.54) is 0 Å². The van der Waals surface area contributed by atoms with Gasteiger partial charge in [0.2, 0.25) is 6.41 Å². The van der Waals surface area contributed by atoms with Gasteiger partial charge in [0.05, 0.1) is 5.52 Å². The monoisotopic (exact) mass is 398 g/mol. The summed E-state index contributed by atoms with van der Waals surface area (Å²) >= 11 is 0. The van der Waals surface area contributed by atoms with E-state index in [9.17, 15) is 9.59 Å². The lowest BCUT2D eigenvalue weighted by Crippen LogP contribution is -2.46. The molecule has 2 aromatic carbocycles. The standard InChI is InChI=1S/C24H22N4O2/c29-16-28(23-8-6-17-3-1-2-4-22(17)26-23)20-10-13-27(14-11-20)24(30)19-5-7-21-18(15-19)9-12-25-21/h1-9,12,15-16,20,25H,10-11,13-14H2. The quantitative estimate of drug-likeness (QED) is 0.529. The molecule has 2 aromatic heterocycles. The molecule has 2 amide bonds. The van der Waals surface area contributed by atoms with Crippen molar-refractivity contribution in [3.63, 3.8) is 0 Å². The van der Waals surface area contributed by atoms with E-state index < -0.39 is 0 Å². The number of carbonyl (C=O) groups excluding carboxylic acids is 2. The number of aromatic nitrogens is 2. The minimum atomic E-state index is 0.0346. The Morgan fingerprint density at radius 3 is 2.70 bits per heavy atom. The van der Waals surface area contributed by atoms with E-state index in [1.54, 1.807) is 4.90 Å². The highest BCUT2D eigenvalue weighted by molar-refractivity contribution is 5.98. The van der Waals surface area contributed by atoms with Crippen LogP contribution in [0.3, 0.4) is 0 Å². The molecule has 1 saturated heterocycles. The third-order valence-corrected chi connectivity index (χ3v) is 5.91. The number of benzene rings is 2. The maximum absolute atomic E-state index is 12.9. The molecule has 5 rings (SSSR count). The van der Waals surface area contributed by atoms with E-state index in [1.807, 2.05) is 71.8 Å². The molecule has 150 valence electrons. The van der Waals surface area contributed by atoms with Crippen molar-refractivity contribution in [2.45, 2.75) is 18.9 Å². The number of rotatable bonds is 4. The number of carbonyl (C=O) groups is 2. The lowest BCUT2D eigenvalue weighted by Gasteiger charge is -2.36. The number of nitrogens with zero attached hydrogens (tertiary/aromatic N) is 3. The number of piperidine rings is 1. The van der Waals surface area contributed by atoms with Gasteiger partial charge in [-0.25, -0.2) is 4.98 Å². The first-order valence-electron chi connectivity index (χ1n) is 10.2. The molecule has 0 unspecified atom stereocenters. The number of H-pyrrole nitrogens is 1. The molecule has 0 atom stereocenters. The van der Waals surface area contributed by atoms with Crippen LogP contribution in [0.1, 0.15) is 23.2 Å². The largest absolute Gasteiger partial charge is 0.361 e. The molecule has 3 heterocycles. The fraction of sp³-hybridized carbons (Fsp3) is 0.208. The van der Waals surface area contributed by atoms with Gasteiger partial charge in [-0.3, -0.25) is 14.5 Å². The molecule has 1 N–H and O–H groups in total. The number of hydrogen-bond donors (Lipinski definition) is 1. The SMILES string of the molecule is O=CN(c1ccc2ccccc2n1)C1CCN(C(=O)c2ccc3[nH]ccc3c2)CC1. The summed E-state index contributed by atoms with van der Waals surface area (Å²) < 4.78 is 0. The van der Waals surface area contributed by atoms with E-state index in [0.717, 1.165) is 41.1 Å². The topological polar surface area (TPSA) is 69.3 Å². The lowest BCUT2D eigenvalue weighted by atomic mass is 10.0. The number of pyridine rings is 1. The average molecular weight is 398 g/mol. The molecule has 6 heteroatoms. The summed E-state index contributed by atoms with van der Waals surface area (Å²) in [7, 11) is 0. The number of likely N-dealkylation sites (tertiary alicyclic amines) is 1.